The Balaban J connectivity index is 2.01. The van der Waals surface area contributed by atoms with Gasteiger partial charge < -0.3 is 26.0 Å². The summed E-state index contributed by atoms with van der Waals surface area (Å²) in [4.78, 5) is 40.2. The summed E-state index contributed by atoms with van der Waals surface area (Å²) in [5.74, 6) is -2.81. The molecule has 142 valence electrons. The largest absolute Gasteiger partial charge is 0.480 e. The van der Waals surface area contributed by atoms with E-state index in [4.69, 9.17) is 22.2 Å². The Morgan fingerprint density at radius 1 is 1.37 bits per heavy atom. The maximum absolute atomic E-state index is 12.1. The summed E-state index contributed by atoms with van der Waals surface area (Å²) >= 11 is 5.96. The van der Waals surface area contributed by atoms with E-state index in [0.717, 1.165) is 10.9 Å². The first-order valence-corrected chi connectivity index (χ1v) is 8.36. The Morgan fingerprint density at radius 3 is 2.78 bits per heavy atom. The number of amides is 1. The number of aromatic nitrogens is 1. The molecule has 2 atom stereocenters. The number of H-pyrrole nitrogens is 1. The average Bonchev–Trinajstić information content (AvgIpc) is 3.00. The highest BCUT2D eigenvalue weighted by Crippen LogP contribution is 2.23. The Hall–Kier alpha value is -3.00. The molecule has 9 nitrogen and oxygen atoms in total. The minimum Gasteiger partial charge on any atom is -0.480 e. The van der Waals surface area contributed by atoms with Crippen LogP contribution in [0, 0.1) is 0 Å². The van der Waals surface area contributed by atoms with Gasteiger partial charge in [0.1, 0.15) is 12.1 Å². The number of nitrogens with one attached hydrogen (secondary N) is 2. The molecule has 0 radical (unpaired) electrons. The lowest BCUT2D eigenvalue weighted by atomic mass is 10.0. The SMILES string of the molecule is [N-]=[N+]=CC(=O)CCC(NC(=O)C(O)Cc1c[nH]c2ccc(Cl)cc12)C(=O)O. The van der Waals surface area contributed by atoms with Crippen molar-refractivity contribution in [1.29, 1.82) is 0 Å². The van der Waals surface area contributed by atoms with Gasteiger partial charge in [-0.25, -0.2) is 4.79 Å². The summed E-state index contributed by atoms with van der Waals surface area (Å²) in [6, 6.07) is 3.80. The summed E-state index contributed by atoms with van der Waals surface area (Å²) in [6.45, 7) is 0. The van der Waals surface area contributed by atoms with E-state index >= 15 is 0 Å². The molecular weight excluding hydrogens is 376 g/mol. The van der Waals surface area contributed by atoms with E-state index in [-0.39, 0.29) is 19.3 Å². The number of carboxylic acids is 1. The van der Waals surface area contributed by atoms with Crippen molar-refractivity contribution in [3.8, 4) is 0 Å². The molecule has 2 aromatic rings. The van der Waals surface area contributed by atoms with E-state index in [1.807, 2.05) is 0 Å². The highest BCUT2D eigenvalue weighted by molar-refractivity contribution is 6.31. The molecule has 0 aliphatic rings. The fourth-order valence-electron chi connectivity index (χ4n) is 2.56. The minimum atomic E-state index is -1.49. The van der Waals surface area contributed by atoms with Crippen LogP contribution in [0.4, 0.5) is 0 Å². The third-order valence-corrected chi connectivity index (χ3v) is 4.18. The van der Waals surface area contributed by atoms with Gasteiger partial charge in [-0.1, -0.05) is 11.6 Å². The van der Waals surface area contributed by atoms with Gasteiger partial charge in [0.25, 0.3) is 0 Å². The number of hydrogen-bond acceptors (Lipinski definition) is 4. The van der Waals surface area contributed by atoms with Crippen molar-refractivity contribution in [2.24, 2.45) is 0 Å². The predicted octanol–water partition coefficient (Wildman–Crippen LogP) is 0.944. The lowest BCUT2D eigenvalue weighted by molar-refractivity contribution is -0.143. The second-order valence-electron chi connectivity index (χ2n) is 5.87. The Morgan fingerprint density at radius 2 is 2.11 bits per heavy atom. The molecule has 0 bridgehead atoms. The number of rotatable bonds is 9. The number of carboxylic acid groups (broad SMARTS) is 1. The van der Waals surface area contributed by atoms with Gasteiger partial charge in [0, 0.05) is 35.0 Å². The van der Waals surface area contributed by atoms with Crippen LogP contribution in [0.5, 0.6) is 0 Å². The molecule has 2 unspecified atom stereocenters. The number of aromatic amines is 1. The normalized spacial score (nSPS) is 12.8. The topological polar surface area (TPSA) is 156 Å². The Bertz CT molecular complexity index is 919. The van der Waals surface area contributed by atoms with Gasteiger partial charge in [-0.3, -0.25) is 9.59 Å². The van der Waals surface area contributed by atoms with Crippen molar-refractivity contribution in [2.75, 3.05) is 0 Å². The molecule has 4 N–H and O–H groups in total. The molecule has 10 heteroatoms. The van der Waals surface area contributed by atoms with Gasteiger partial charge in [-0.15, -0.1) is 0 Å². The van der Waals surface area contributed by atoms with Gasteiger partial charge in [0.2, 0.25) is 11.7 Å². The third kappa shape index (κ3) is 5.49. The highest BCUT2D eigenvalue weighted by atomic mass is 35.5. The van der Waals surface area contributed by atoms with Crippen molar-refractivity contribution in [3.05, 3.63) is 40.5 Å². The lowest BCUT2D eigenvalue weighted by Crippen LogP contribution is -2.46. The standard InChI is InChI=1S/C17H17ClN4O5/c18-10-1-3-13-12(6-10)9(7-20-13)5-15(24)16(25)22-14(17(26)27)4-2-11(23)8-21-19/h1,3,6-8,14-15,20,24H,2,4-5H2,(H,22,25)(H,26,27). The van der Waals surface area contributed by atoms with Crippen LogP contribution >= 0.6 is 11.6 Å². The number of carbonyl (C=O) groups excluding carboxylic acids is 2. The monoisotopic (exact) mass is 392 g/mol. The van der Waals surface area contributed by atoms with E-state index in [0.29, 0.717) is 16.8 Å². The molecule has 2 rings (SSSR count). The minimum absolute atomic E-state index is 0.0470. The first kappa shape index (κ1) is 20.3. The molecular formula is C17H17ClN4O5. The van der Waals surface area contributed by atoms with E-state index in [1.54, 1.807) is 24.4 Å². The molecule has 0 saturated heterocycles. The number of hydrogen-bond donors (Lipinski definition) is 4. The number of carbonyl (C=O) groups is 3. The quantitative estimate of drug-likeness (QED) is 0.284. The van der Waals surface area contributed by atoms with Crippen LogP contribution in [-0.4, -0.2) is 56.0 Å². The Kier molecular flexibility index (Phi) is 6.84. The Labute approximate surface area is 158 Å². The molecule has 0 aliphatic carbocycles. The number of halogens is 1. The molecule has 1 aromatic heterocycles. The first-order chi connectivity index (χ1) is 12.8. The zero-order chi connectivity index (χ0) is 20.0. The summed E-state index contributed by atoms with van der Waals surface area (Å²) in [5, 5.41) is 22.8. The summed E-state index contributed by atoms with van der Waals surface area (Å²) < 4.78 is 0. The smallest absolute Gasteiger partial charge is 0.326 e. The van der Waals surface area contributed by atoms with Crippen molar-refractivity contribution in [3.63, 3.8) is 0 Å². The summed E-state index contributed by atoms with van der Waals surface area (Å²) in [7, 11) is 0. The second-order valence-corrected chi connectivity index (χ2v) is 6.31. The van der Waals surface area contributed by atoms with Crippen LogP contribution in [0.2, 0.25) is 5.02 Å². The van der Waals surface area contributed by atoms with Crippen LogP contribution in [0.1, 0.15) is 18.4 Å². The zero-order valence-electron chi connectivity index (χ0n) is 14.1. The van der Waals surface area contributed by atoms with Gasteiger partial charge in [0.05, 0.1) is 0 Å². The molecule has 1 heterocycles. The number of Topliss-reactive ketones (excluding diaryl/α,β-unsaturated/α-hetero) is 1. The molecule has 27 heavy (non-hydrogen) atoms. The molecule has 0 fully saturated rings. The van der Waals surface area contributed by atoms with Gasteiger partial charge in [-0.2, -0.15) is 4.79 Å². The van der Waals surface area contributed by atoms with E-state index in [9.17, 15) is 19.5 Å². The molecule has 0 aliphatic heterocycles. The van der Waals surface area contributed by atoms with Crippen molar-refractivity contribution in [2.45, 2.75) is 31.4 Å². The number of benzene rings is 1. The van der Waals surface area contributed by atoms with Crippen LogP contribution < -0.4 is 5.32 Å². The van der Waals surface area contributed by atoms with E-state index < -0.39 is 29.8 Å². The van der Waals surface area contributed by atoms with Crippen LogP contribution in [0.15, 0.2) is 24.4 Å². The molecule has 0 saturated carbocycles. The van der Waals surface area contributed by atoms with E-state index in [2.05, 4.69) is 15.1 Å². The molecule has 1 amide bonds. The van der Waals surface area contributed by atoms with Crippen LogP contribution in [0.3, 0.4) is 0 Å². The fourth-order valence-corrected chi connectivity index (χ4v) is 2.73. The third-order valence-electron chi connectivity index (χ3n) is 3.94. The zero-order valence-corrected chi connectivity index (χ0v) is 14.8. The van der Waals surface area contributed by atoms with Crippen LogP contribution in [0.25, 0.3) is 16.4 Å². The predicted molar refractivity (Wildman–Crippen MR) is 96.5 cm³/mol. The number of ketones is 1. The van der Waals surface area contributed by atoms with Crippen LogP contribution in [-0.2, 0) is 20.8 Å². The number of aliphatic hydroxyl groups is 1. The number of fused-ring (bicyclic) bond motifs is 1. The second kappa shape index (κ2) is 9.09. The van der Waals surface area contributed by atoms with Gasteiger partial charge in [0.15, 0.2) is 0 Å². The lowest BCUT2D eigenvalue weighted by Gasteiger charge is -2.16. The van der Waals surface area contributed by atoms with Crippen molar-refractivity contribution in [1.82, 2.24) is 10.3 Å². The van der Waals surface area contributed by atoms with Crippen molar-refractivity contribution >= 4 is 46.4 Å². The summed E-state index contributed by atoms with van der Waals surface area (Å²) in [6.07, 6.45) is 0.310. The number of aliphatic hydroxyl groups excluding tert-OH is 1. The average molecular weight is 393 g/mol. The summed E-state index contributed by atoms with van der Waals surface area (Å²) in [5.41, 5.74) is 9.70. The maximum atomic E-state index is 12.1. The first-order valence-electron chi connectivity index (χ1n) is 7.99. The molecule has 1 aromatic carbocycles. The molecule has 0 spiro atoms. The van der Waals surface area contributed by atoms with Gasteiger partial charge in [-0.05, 0) is 30.2 Å². The highest BCUT2D eigenvalue weighted by Gasteiger charge is 2.25. The number of aliphatic carboxylic acids is 1. The fraction of sp³-hybridized carbons (Fsp3) is 0.294. The van der Waals surface area contributed by atoms with Gasteiger partial charge >= 0.3 is 12.2 Å². The van der Waals surface area contributed by atoms with Crippen molar-refractivity contribution < 1.29 is 29.4 Å². The van der Waals surface area contributed by atoms with E-state index in [1.165, 1.54) is 0 Å². The maximum Gasteiger partial charge on any atom is 0.326 e. The number of nitrogens with zero attached hydrogens (tertiary/aromatic N) is 2.